The fourth-order valence-corrected chi connectivity index (χ4v) is 6.47. The van der Waals surface area contributed by atoms with Crippen molar-refractivity contribution in [1.29, 1.82) is 0 Å². The van der Waals surface area contributed by atoms with E-state index in [2.05, 4.69) is 57.4 Å². The van der Waals surface area contributed by atoms with E-state index in [0.717, 1.165) is 58.9 Å². The predicted molar refractivity (Wildman–Crippen MR) is 132 cm³/mol. The number of pyridine rings is 1. The van der Waals surface area contributed by atoms with E-state index in [-0.39, 0.29) is 0 Å². The normalized spacial score (nSPS) is 27.7. The van der Waals surface area contributed by atoms with Gasteiger partial charge in [0.05, 0.1) is 31.0 Å². The van der Waals surface area contributed by atoms with Crippen molar-refractivity contribution in [2.45, 2.75) is 50.4 Å². The highest BCUT2D eigenvalue weighted by Crippen LogP contribution is 2.34. The highest BCUT2D eigenvalue weighted by atomic mass is 16.5. The lowest BCUT2D eigenvalue weighted by molar-refractivity contribution is -0.0117. The Bertz CT molecular complexity index is 981. The van der Waals surface area contributed by atoms with Crippen LogP contribution in [0.2, 0.25) is 0 Å². The number of nitrogens with zero attached hydrogens (tertiary/aromatic N) is 4. The van der Waals surface area contributed by atoms with Gasteiger partial charge in [0.2, 0.25) is 0 Å². The van der Waals surface area contributed by atoms with E-state index in [1.165, 1.54) is 41.8 Å². The summed E-state index contributed by atoms with van der Waals surface area (Å²) in [6.07, 6.45) is 6.70. The van der Waals surface area contributed by atoms with Crippen LogP contribution in [0.3, 0.4) is 0 Å². The fourth-order valence-electron chi connectivity index (χ4n) is 6.47. The third kappa shape index (κ3) is 4.30. The molecule has 0 radical (unpaired) electrons. The van der Waals surface area contributed by atoms with Gasteiger partial charge in [-0.2, -0.15) is 0 Å². The van der Waals surface area contributed by atoms with Crippen molar-refractivity contribution >= 4 is 5.69 Å². The number of likely N-dealkylation sites (N-methyl/N-ethyl adjacent to an activating group) is 1. The van der Waals surface area contributed by atoms with Crippen LogP contribution in [-0.2, 0) is 24.1 Å². The number of aromatic nitrogens is 1. The minimum Gasteiger partial charge on any atom is -0.378 e. The van der Waals surface area contributed by atoms with Crippen LogP contribution in [0.25, 0.3) is 0 Å². The summed E-state index contributed by atoms with van der Waals surface area (Å²) in [5, 5.41) is 3.84. The van der Waals surface area contributed by atoms with Crippen molar-refractivity contribution in [3.8, 4) is 0 Å². The lowest BCUT2D eigenvalue weighted by atomic mass is 9.89. The lowest BCUT2D eigenvalue weighted by Gasteiger charge is -2.45. The Morgan fingerprint density at radius 2 is 2.09 bits per heavy atom. The maximum atomic E-state index is 5.79. The molecular weight excluding hydrogens is 410 g/mol. The van der Waals surface area contributed by atoms with Crippen LogP contribution in [0.4, 0.5) is 5.69 Å². The van der Waals surface area contributed by atoms with Gasteiger partial charge in [-0.25, -0.2) is 0 Å². The first-order valence-electron chi connectivity index (χ1n) is 12.8. The SMILES string of the molecule is CN(C[C@H]1Cc2c(cccc2N2CCN3CCOCC3C2)CN1)[C@H]1CCCc2cccnc21. The van der Waals surface area contributed by atoms with Crippen molar-refractivity contribution in [2.24, 2.45) is 0 Å². The number of rotatable bonds is 4. The Balaban J connectivity index is 1.17. The Hall–Kier alpha value is -1.99. The van der Waals surface area contributed by atoms with E-state index in [0.29, 0.717) is 18.1 Å². The van der Waals surface area contributed by atoms with E-state index < -0.39 is 0 Å². The third-order valence-corrected chi connectivity index (χ3v) is 8.26. The number of morpholine rings is 1. The molecule has 4 aliphatic rings. The molecule has 6 heteroatoms. The van der Waals surface area contributed by atoms with Crippen LogP contribution in [-0.4, -0.2) is 79.9 Å². The second-order valence-electron chi connectivity index (χ2n) is 10.3. The number of nitrogens with one attached hydrogen (secondary N) is 1. The highest BCUT2D eigenvalue weighted by molar-refractivity contribution is 5.58. The van der Waals surface area contributed by atoms with E-state index in [4.69, 9.17) is 9.72 Å². The molecule has 6 rings (SSSR count). The Kier molecular flexibility index (Phi) is 6.09. The Labute approximate surface area is 197 Å². The molecule has 176 valence electrons. The number of fused-ring (bicyclic) bond motifs is 3. The molecule has 1 N–H and O–H groups in total. The van der Waals surface area contributed by atoms with E-state index in [1.54, 1.807) is 5.56 Å². The molecule has 1 aromatic heterocycles. The first kappa shape index (κ1) is 21.5. The first-order valence-corrected chi connectivity index (χ1v) is 12.8. The van der Waals surface area contributed by atoms with E-state index in [9.17, 15) is 0 Å². The van der Waals surface area contributed by atoms with Crippen LogP contribution < -0.4 is 10.2 Å². The topological polar surface area (TPSA) is 43.9 Å². The van der Waals surface area contributed by atoms with Gasteiger partial charge in [-0.3, -0.25) is 14.8 Å². The number of piperazine rings is 1. The van der Waals surface area contributed by atoms with Gasteiger partial charge in [0.25, 0.3) is 0 Å². The summed E-state index contributed by atoms with van der Waals surface area (Å²) >= 11 is 0. The number of anilines is 1. The van der Waals surface area contributed by atoms with Gasteiger partial charge in [-0.05, 0) is 61.6 Å². The molecule has 1 aliphatic carbocycles. The zero-order valence-corrected chi connectivity index (χ0v) is 19.9. The average Bonchev–Trinajstić information content (AvgIpc) is 2.87. The molecule has 0 amide bonds. The second-order valence-corrected chi connectivity index (χ2v) is 10.3. The Morgan fingerprint density at radius 3 is 3.06 bits per heavy atom. The van der Waals surface area contributed by atoms with Gasteiger partial charge in [0.1, 0.15) is 0 Å². The predicted octanol–water partition coefficient (Wildman–Crippen LogP) is 2.63. The fraction of sp³-hybridized carbons (Fsp3) is 0.593. The molecule has 0 saturated carbocycles. The minimum absolute atomic E-state index is 0.438. The van der Waals surface area contributed by atoms with Crippen LogP contribution in [0.5, 0.6) is 0 Å². The maximum absolute atomic E-state index is 5.79. The molecule has 4 heterocycles. The zero-order chi connectivity index (χ0) is 22.2. The Morgan fingerprint density at radius 1 is 1.15 bits per heavy atom. The smallest absolute Gasteiger partial charge is 0.0639 e. The monoisotopic (exact) mass is 447 g/mol. The van der Waals surface area contributed by atoms with Crippen LogP contribution >= 0.6 is 0 Å². The molecule has 3 atom stereocenters. The summed E-state index contributed by atoms with van der Waals surface area (Å²) in [5.41, 5.74) is 7.23. The molecule has 2 aromatic rings. The van der Waals surface area contributed by atoms with Gasteiger partial charge in [-0.1, -0.05) is 18.2 Å². The third-order valence-electron chi connectivity index (χ3n) is 8.26. The molecule has 1 aromatic carbocycles. The summed E-state index contributed by atoms with van der Waals surface area (Å²) in [6.45, 7) is 8.22. The summed E-state index contributed by atoms with van der Waals surface area (Å²) in [7, 11) is 2.29. The number of aryl methyl sites for hydroxylation is 1. The molecule has 0 bridgehead atoms. The summed E-state index contributed by atoms with van der Waals surface area (Å²) in [5.74, 6) is 0. The van der Waals surface area contributed by atoms with E-state index in [1.807, 2.05) is 6.20 Å². The average molecular weight is 448 g/mol. The van der Waals surface area contributed by atoms with Crippen molar-refractivity contribution in [2.75, 3.05) is 57.9 Å². The standard InChI is InChI=1S/C27H37N5O/c1-30(26-9-2-5-20-7-4-10-28-27(20)26)17-22-15-24-21(16-29-22)6-3-8-25(24)32-12-11-31-13-14-33-19-23(31)18-32/h3-4,6-8,10,22-23,26,29H,2,5,9,11-19H2,1H3/t22-,23?,26+/m1/s1. The van der Waals surface area contributed by atoms with Crippen LogP contribution in [0.1, 0.15) is 41.3 Å². The highest BCUT2D eigenvalue weighted by Gasteiger charge is 2.32. The molecule has 3 aliphatic heterocycles. The van der Waals surface area contributed by atoms with Crippen molar-refractivity contribution < 1.29 is 4.74 Å². The van der Waals surface area contributed by atoms with E-state index >= 15 is 0 Å². The van der Waals surface area contributed by atoms with Gasteiger partial charge in [0, 0.05) is 57.2 Å². The maximum Gasteiger partial charge on any atom is 0.0639 e. The molecular formula is C27H37N5O. The van der Waals surface area contributed by atoms with Crippen molar-refractivity contribution in [3.63, 3.8) is 0 Å². The number of benzene rings is 1. The summed E-state index contributed by atoms with van der Waals surface area (Å²) in [6, 6.07) is 12.7. The van der Waals surface area contributed by atoms with Crippen molar-refractivity contribution in [3.05, 3.63) is 58.9 Å². The largest absolute Gasteiger partial charge is 0.378 e. The number of ether oxygens (including phenoxy) is 1. The minimum atomic E-state index is 0.438. The number of hydrogen-bond acceptors (Lipinski definition) is 6. The molecule has 1 unspecified atom stereocenters. The molecule has 33 heavy (non-hydrogen) atoms. The second kappa shape index (κ2) is 9.34. The first-order chi connectivity index (χ1) is 16.3. The van der Waals surface area contributed by atoms with Gasteiger partial charge < -0.3 is 15.0 Å². The zero-order valence-electron chi connectivity index (χ0n) is 19.9. The van der Waals surface area contributed by atoms with Gasteiger partial charge in [-0.15, -0.1) is 0 Å². The quantitative estimate of drug-likeness (QED) is 0.777. The molecule has 2 fully saturated rings. The molecule has 6 nitrogen and oxygen atoms in total. The summed E-state index contributed by atoms with van der Waals surface area (Å²) < 4.78 is 5.79. The number of hydrogen-bond donors (Lipinski definition) is 1. The van der Waals surface area contributed by atoms with Gasteiger partial charge in [0.15, 0.2) is 0 Å². The molecule has 2 saturated heterocycles. The summed E-state index contributed by atoms with van der Waals surface area (Å²) in [4.78, 5) is 12.6. The van der Waals surface area contributed by atoms with Crippen LogP contribution in [0.15, 0.2) is 36.5 Å². The van der Waals surface area contributed by atoms with Gasteiger partial charge >= 0.3 is 0 Å². The van der Waals surface area contributed by atoms with Crippen molar-refractivity contribution in [1.82, 2.24) is 20.1 Å². The van der Waals surface area contributed by atoms with Crippen LogP contribution in [0, 0.1) is 0 Å². The molecule has 0 spiro atoms. The lowest BCUT2D eigenvalue weighted by Crippen LogP contribution is -2.58.